The van der Waals surface area contributed by atoms with Gasteiger partial charge in [0.25, 0.3) is 0 Å². The van der Waals surface area contributed by atoms with Crippen molar-refractivity contribution in [3.05, 3.63) is 243 Å². The molecule has 0 bridgehead atoms. The third kappa shape index (κ3) is 7.24. The second-order valence-corrected chi connectivity index (χ2v) is 19.6. The Morgan fingerprint density at radius 2 is 0.746 bits per heavy atom. The van der Waals surface area contributed by atoms with Crippen LogP contribution >= 0.6 is 54.5 Å². The molecule has 0 spiro atoms. The van der Waals surface area contributed by atoms with Crippen LogP contribution in [0, 0.1) is 3.57 Å². The molecule has 0 aliphatic heterocycles. The summed E-state index contributed by atoms with van der Waals surface area (Å²) in [5, 5.41) is 10.2. The smallest absolute Gasteiger partial charge is 0.0641 e. The van der Waals surface area contributed by atoms with E-state index in [0.717, 1.165) is 14.6 Å². The second kappa shape index (κ2) is 17.4. The minimum absolute atomic E-state index is 1.08. The number of nitrogens with zero attached hydrogens (tertiary/aromatic N) is 3. The number of benzene rings is 10. The molecule has 7 heteroatoms. The molecule has 0 atom stereocenters. The molecule has 0 unspecified atom stereocenters. The molecule has 0 aliphatic rings. The highest BCUT2D eigenvalue weighted by Crippen LogP contribution is 2.42. The lowest BCUT2D eigenvalue weighted by Crippen LogP contribution is -1.95. The van der Waals surface area contributed by atoms with E-state index in [2.05, 4.69) is 292 Å². The number of halogens is 3. The normalized spacial score (nSPS) is 11.5. The van der Waals surface area contributed by atoms with E-state index in [0.29, 0.717) is 0 Å². The Kier molecular flexibility index (Phi) is 10.8. The quantitative estimate of drug-likeness (QED) is 0.171. The van der Waals surface area contributed by atoms with Gasteiger partial charge >= 0.3 is 0 Å². The molecule has 0 fully saturated rings. The van der Waals surface area contributed by atoms with Gasteiger partial charge in [-0.2, -0.15) is 0 Å². The fraction of sp³-hybridized carbons (Fsp3) is 0. The summed E-state index contributed by atoms with van der Waals surface area (Å²) in [4.78, 5) is 3.66. The lowest BCUT2D eigenvalue weighted by Gasteiger charge is -2.10. The summed E-state index contributed by atoms with van der Waals surface area (Å²) in [5.74, 6) is 0. The predicted octanol–water partition coefficient (Wildman–Crippen LogP) is 18.1. The standard InChI is InChI=1S/C30H19BrN2.C24H16N2.C6H4BrI/c31-20-14-16-22(17-15-20)33-26-12-6-4-10-23(26)24-18-19-28-29(30(24)33)25-11-5-7-13-27(25)32(28)21-8-2-1-3-9-21;1-2-8-16(9-3-1)26-21-13-7-5-11-19(21)23-22(26)15-14-18-17-10-4-6-12-20(17)25-24(18)23;7-5-1-3-6(8)4-2-5/h1-19H;1-15,25H;1-4H. The number of hydrogen-bond acceptors (Lipinski definition) is 0. The number of para-hydroxylation sites is 6. The number of H-pyrrole nitrogens is 1. The van der Waals surface area contributed by atoms with Crippen molar-refractivity contribution < 1.29 is 0 Å². The fourth-order valence-electron chi connectivity index (χ4n) is 9.88. The van der Waals surface area contributed by atoms with Crippen molar-refractivity contribution in [3.63, 3.8) is 0 Å². The van der Waals surface area contributed by atoms with Gasteiger partial charge in [0, 0.05) is 78.2 Å². The van der Waals surface area contributed by atoms with Crippen molar-refractivity contribution in [2.24, 2.45) is 0 Å². The monoisotopic (exact) mass is 1100 g/mol. The van der Waals surface area contributed by atoms with E-state index in [9.17, 15) is 0 Å². The minimum Gasteiger partial charge on any atom is -0.354 e. The van der Waals surface area contributed by atoms with Crippen LogP contribution < -0.4 is 0 Å². The Morgan fingerprint density at radius 1 is 0.313 bits per heavy atom. The van der Waals surface area contributed by atoms with Gasteiger partial charge in [-0.25, -0.2) is 0 Å². The molecule has 14 aromatic rings. The van der Waals surface area contributed by atoms with Gasteiger partial charge in [-0.05, 0) is 132 Å². The molecular formula is C60H39Br2IN4. The van der Waals surface area contributed by atoms with Gasteiger partial charge < -0.3 is 18.7 Å². The van der Waals surface area contributed by atoms with Gasteiger partial charge in [0.2, 0.25) is 0 Å². The predicted molar refractivity (Wildman–Crippen MR) is 300 cm³/mol. The first kappa shape index (κ1) is 41.5. The van der Waals surface area contributed by atoms with Crippen LogP contribution in [-0.4, -0.2) is 18.7 Å². The van der Waals surface area contributed by atoms with E-state index >= 15 is 0 Å². The minimum atomic E-state index is 1.08. The van der Waals surface area contributed by atoms with E-state index < -0.39 is 0 Å². The lowest BCUT2D eigenvalue weighted by atomic mass is 10.1. The highest BCUT2D eigenvalue weighted by Gasteiger charge is 2.21. The Bertz CT molecular complexity index is 4090. The zero-order chi connectivity index (χ0) is 45.0. The maximum atomic E-state index is 3.66. The first-order valence-corrected chi connectivity index (χ1v) is 24.8. The van der Waals surface area contributed by atoms with Gasteiger partial charge in [-0.15, -0.1) is 0 Å². The SMILES string of the molecule is Brc1ccc(-n2c3ccccc3c3ccc4c(c5ccccc5n4-c4ccccc4)c32)cc1.Brc1ccc(I)cc1.c1ccc(-n2c3ccccc3c3c4[nH]c5ccccc5c4ccc32)cc1. The molecule has 4 aromatic heterocycles. The molecule has 4 nitrogen and oxygen atoms in total. The molecule has 14 rings (SSSR count). The molecule has 10 aromatic carbocycles. The van der Waals surface area contributed by atoms with Crippen molar-refractivity contribution in [2.45, 2.75) is 0 Å². The summed E-state index contributed by atoms with van der Waals surface area (Å²) in [7, 11) is 0. The van der Waals surface area contributed by atoms with E-state index in [1.54, 1.807) is 0 Å². The van der Waals surface area contributed by atoms with Gasteiger partial charge in [0.05, 0.1) is 38.6 Å². The van der Waals surface area contributed by atoms with Gasteiger partial charge in [0.15, 0.2) is 0 Å². The summed E-state index contributed by atoms with van der Waals surface area (Å²) in [5.41, 5.74) is 13.3. The van der Waals surface area contributed by atoms with Crippen molar-refractivity contribution in [3.8, 4) is 17.1 Å². The summed E-state index contributed by atoms with van der Waals surface area (Å²) in [6.45, 7) is 0. The maximum absolute atomic E-state index is 3.66. The molecule has 0 saturated carbocycles. The van der Waals surface area contributed by atoms with E-state index in [-0.39, 0.29) is 0 Å². The Morgan fingerprint density at radius 3 is 1.33 bits per heavy atom. The molecule has 67 heavy (non-hydrogen) atoms. The largest absolute Gasteiger partial charge is 0.354 e. The number of nitrogens with one attached hydrogen (secondary N) is 1. The Labute approximate surface area is 417 Å². The summed E-state index contributed by atoms with van der Waals surface area (Å²) in [6, 6.07) is 81.7. The third-order valence-electron chi connectivity index (χ3n) is 12.7. The van der Waals surface area contributed by atoms with Crippen LogP contribution in [0.2, 0.25) is 0 Å². The number of rotatable bonds is 3. The summed E-state index contributed by atoms with van der Waals surface area (Å²) >= 11 is 9.21. The number of fused-ring (bicyclic) bond motifs is 14. The van der Waals surface area contributed by atoms with Crippen LogP contribution in [0.3, 0.4) is 0 Å². The molecule has 0 aliphatic carbocycles. The molecular weight excluding hydrogens is 1060 g/mol. The van der Waals surface area contributed by atoms with Crippen molar-refractivity contribution in [1.82, 2.24) is 18.7 Å². The molecule has 0 radical (unpaired) electrons. The Balaban J connectivity index is 0.000000122. The van der Waals surface area contributed by atoms with Crippen LogP contribution in [0.4, 0.5) is 0 Å². The first-order chi connectivity index (χ1) is 33.0. The molecule has 1 N–H and O–H groups in total. The van der Waals surface area contributed by atoms with Gasteiger partial charge in [-0.1, -0.05) is 153 Å². The zero-order valence-electron chi connectivity index (χ0n) is 35.9. The number of aromatic amines is 1. The van der Waals surface area contributed by atoms with Crippen LogP contribution in [-0.2, 0) is 0 Å². The molecule has 0 saturated heterocycles. The fourth-order valence-corrected chi connectivity index (χ4v) is 10.8. The number of hydrogen-bond donors (Lipinski definition) is 1. The average Bonchev–Trinajstić information content (AvgIpc) is 4.12. The van der Waals surface area contributed by atoms with E-state index in [1.807, 2.05) is 12.1 Å². The highest BCUT2D eigenvalue weighted by molar-refractivity contribution is 14.1. The summed E-state index contributed by atoms with van der Waals surface area (Å²) < 4.78 is 10.6. The zero-order valence-corrected chi connectivity index (χ0v) is 41.2. The summed E-state index contributed by atoms with van der Waals surface area (Å²) in [6.07, 6.45) is 0. The van der Waals surface area contributed by atoms with Crippen LogP contribution in [0.1, 0.15) is 0 Å². The van der Waals surface area contributed by atoms with Crippen molar-refractivity contribution in [1.29, 1.82) is 0 Å². The van der Waals surface area contributed by atoms with E-state index in [1.165, 1.54) is 102 Å². The molecule has 0 amide bonds. The van der Waals surface area contributed by atoms with E-state index in [4.69, 9.17) is 0 Å². The first-order valence-electron chi connectivity index (χ1n) is 22.2. The number of aromatic nitrogens is 4. The maximum Gasteiger partial charge on any atom is 0.0641 e. The average molecular weight is 1100 g/mol. The van der Waals surface area contributed by atoms with Crippen LogP contribution in [0.25, 0.3) is 104 Å². The third-order valence-corrected chi connectivity index (χ3v) is 14.5. The molecule has 320 valence electrons. The van der Waals surface area contributed by atoms with Crippen molar-refractivity contribution >= 4 is 142 Å². The van der Waals surface area contributed by atoms with Crippen LogP contribution in [0.5, 0.6) is 0 Å². The highest BCUT2D eigenvalue weighted by atomic mass is 127. The topological polar surface area (TPSA) is 30.6 Å². The van der Waals surface area contributed by atoms with Gasteiger partial charge in [0.1, 0.15) is 0 Å². The molecule has 4 heterocycles. The second-order valence-electron chi connectivity index (χ2n) is 16.6. The lowest BCUT2D eigenvalue weighted by molar-refractivity contribution is 1.17. The van der Waals surface area contributed by atoms with Crippen molar-refractivity contribution in [2.75, 3.05) is 0 Å². The Hall–Kier alpha value is -6.91. The van der Waals surface area contributed by atoms with Crippen LogP contribution in [0.15, 0.2) is 239 Å². The van der Waals surface area contributed by atoms with Gasteiger partial charge in [-0.3, -0.25) is 0 Å².